The number of benzene rings is 1. The van der Waals surface area contributed by atoms with Crippen molar-refractivity contribution in [3.8, 4) is 0 Å². The van der Waals surface area contributed by atoms with Gasteiger partial charge in [0.25, 0.3) is 0 Å². The molecule has 2 atom stereocenters. The van der Waals surface area contributed by atoms with E-state index in [0.717, 1.165) is 5.56 Å². The van der Waals surface area contributed by atoms with Gasteiger partial charge in [-0.25, -0.2) is 0 Å². The Labute approximate surface area is 124 Å². The van der Waals surface area contributed by atoms with Crippen molar-refractivity contribution in [2.24, 2.45) is 5.73 Å². The third-order valence-corrected chi connectivity index (χ3v) is 3.76. The number of carbonyl (C=O) groups excluding carboxylic acids is 2. The molecule has 114 valence electrons. The third kappa shape index (κ3) is 3.80. The van der Waals surface area contributed by atoms with Crippen LogP contribution in [0.25, 0.3) is 0 Å². The molecule has 1 saturated heterocycles. The molecule has 0 radical (unpaired) electrons. The topological polar surface area (TPSA) is 84.7 Å². The molecule has 1 aliphatic rings. The van der Waals surface area contributed by atoms with Crippen molar-refractivity contribution >= 4 is 11.8 Å². The molecule has 0 bridgehead atoms. The van der Waals surface area contributed by atoms with Crippen LogP contribution in [0.5, 0.6) is 0 Å². The second kappa shape index (κ2) is 6.69. The van der Waals surface area contributed by atoms with Crippen molar-refractivity contribution in [1.29, 1.82) is 0 Å². The SMILES string of the molecule is COC1CNC(C(=O)N(C)Cc2ccc(C(N)=O)cc2)C1. The van der Waals surface area contributed by atoms with E-state index in [1.807, 2.05) is 12.1 Å². The molecule has 1 aliphatic heterocycles. The van der Waals surface area contributed by atoms with E-state index in [4.69, 9.17) is 10.5 Å². The molecule has 0 aromatic heterocycles. The second-order valence-electron chi connectivity index (χ2n) is 5.31. The highest BCUT2D eigenvalue weighted by Crippen LogP contribution is 2.13. The molecule has 2 amide bonds. The molecule has 0 saturated carbocycles. The summed E-state index contributed by atoms with van der Waals surface area (Å²) in [4.78, 5) is 25.0. The first kappa shape index (κ1) is 15.5. The molecular formula is C15H21N3O3. The Morgan fingerprint density at radius 2 is 2.05 bits per heavy atom. The zero-order chi connectivity index (χ0) is 15.4. The number of methoxy groups -OCH3 is 1. The third-order valence-electron chi connectivity index (χ3n) is 3.76. The monoisotopic (exact) mass is 291 g/mol. The van der Waals surface area contributed by atoms with Crippen LogP contribution < -0.4 is 11.1 Å². The standard InChI is InChI=1S/C15H21N3O3/c1-18(15(20)13-7-12(21-2)8-17-13)9-10-3-5-11(6-4-10)14(16)19/h3-6,12-13,17H,7-9H2,1-2H3,(H2,16,19). The number of ether oxygens (including phenoxy) is 1. The van der Waals surface area contributed by atoms with E-state index in [1.54, 1.807) is 31.2 Å². The summed E-state index contributed by atoms with van der Waals surface area (Å²) >= 11 is 0. The fourth-order valence-electron chi connectivity index (χ4n) is 2.46. The van der Waals surface area contributed by atoms with Crippen LogP contribution in [0, 0.1) is 0 Å². The lowest BCUT2D eigenvalue weighted by molar-refractivity contribution is -0.132. The van der Waals surface area contributed by atoms with Gasteiger partial charge in [-0.2, -0.15) is 0 Å². The van der Waals surface area contributed by atoms with E-state index in [1.165, 1.54) is 0 Å². The minimum Gasteiger partial charge on any atom is -0.380 e. The van der Waals surface area contributed by atoms with Crippen LogP contribution in [0.1, 0.15) is 22.3 Å². The Balaban J connectivity index is 1.93. The highest BCUT2D eigenvalue weighted by atomic mass is 16.5. The molecule has 0 aliphatic carbocycles. The molecule has 2 rings (SSSR count). The average Bonchev–Trinajstić information content (AvgIpc) is 2.95. The van der Waals surface area contributed by atoms with Gasteiger partial charge in [-0.3, -0.25) is 9.59 Å². The van der Waals surface area contributed by atoms with Crippen LogP contribution in [0.4, 0.5) is 0 Å². The summed E-state index contributed by atoms with van der Waals surface area (Å²) < 4.78 is 5.25. The Kier molecular flexibility index (Phi) is 4.93. The number of amides is 2. The summed E-state index contributed by atoms with van der Waals surface area (Å²) in [6.45, 7) is 1.20. The first-order valence-electron chi connectivity index (χ1n) is 6.91. The van der Waals surface area contributed by atoms with E-state index in [9.17, 15) is 9.59 Å². The van der Waals surface area contributed by atoms with E-state index in [-0.39, 0.29) is 18.1 Å². The van der Waals surface area contributed by atoms with Crippen molar-refractivity contribution in [1.82, 2.24) is 10.2 Å². The Bertz CT molecular complexity index is 515. The van der Waals surface area contributed by atoms with Crippen LogP contribution >= 0.6 is 0 Å². The number of nitrogens with zero attached hydrogens (tertiary/aromatic N) is 1. The van der Waals surface area contributed by atoms with Crippen LogP contribution in [0.3, 0.4) is 0 Å². The van der Waals surface area contributed by atoms with Gasteiger partial charge in [-0.1, -0.05) is 12.1 Å². The number of likely N-dealkylation sites (N-methyl/N-ethyl adjacent to an activating group) is 1. The van der Waals surface area contributed by atoms with Gasteiger partial charge in [-0.15, -0.1) is 0 Å². The molecule has 6 heteroatoms. The molecule has 1 aromatic rings. The highest BCUT2D eigenvalue weighted by molar-refractivity contribution is 5.92. The predicted molar refractivity (Wildman–Crippen MR) is 78.6 cm³/mol. The first-order chi connectivity index (χ1) is 10.0. The maximum absolute atomic E-state index is 12.3. The quantitative estimate of drug-likeness (QED) is 0.807. The lowest BCUT2D eigenvalue weighted by Gasteiger charge is -2.21. The van der Waals surface area contributed by atoms with Crippen LogP contribution in [0.15, 0.2) is 24.3 Å². The van der Waals surface area contributed by atoms with Gasteiger partial charge in [0.2, 0.25) is 11.8 Å². The summed E-state index contributed by atoms with van der Waals surface area (Å²) in [7, 11) is 3.43. The molecule has 3 N–H and O–H groups in total. The molecule has 21 heavy (non-hydrogen) atoms. The number of primary amides is 1. The molecule has 2 unspecified atom stereocenters. The minimum atomic E-state index is -0.452. The smallest absolute Gasteiger partial charge is 0.248 e. The van der Waals surface area contributed by atoms with E-state index in [2.05, 4.69) is 5.32 Å². The number of nitrogens with two attached hydrogens (primary N) is 1. The van der Waals surface area contributed by atoms with Crippen molar-refractivity contribution in [2.75, 3.05) is 20.7 Å². The van der Waals surface area contributed by atoms with Gasteiger partial charge in [0.1, 0.15) is 0 Å². The summed E-state index contributed by atoms with van der Waals surface area (Å²) in [5.41, 5.74) is 6.62. The normalized spacial score (nSPS) is 21.2. The number of carbonyl (C=O) groups is 2. The van der Waals surface area contributed by atoms with E-state index < -0.39 is 5.91 Å². The van der Waals surface area contributed by atoms with Crippen molar-refractivity contribution in [3.63, 3.8) is 0 Å². The molecule has 6 nitrogen and oxygen atoms in total. The molecule has 0 spiro atoms. The van der Waals surface area contributed by atoms with Gasteiger partial charge >= 0.3 is 0 Å². The number of rotatable bonds is 5. The number of hydrogen-bond acceptors (Lipinski definition) is 4. The Hall–Kier alpha value is -1.92. The average molecular weight is 291 g/mol. The first-order valence-corrected chi connectivity index (χ1v) is 6.91. The van der Waals surface area contributed by atoms with Crippen LogP contribution in [-0.4, -0.2) is 49.6 Å². The van der Waals surface area contributed by atoms with Gasteiger partial charge in [0.15, 0.2) is 0 Å². The maximum atomic E-state index is 12.3. The largest absolute Gasteiger partial charge is 0.380 e. The molecule has 1 heterocycles. The fraction of sp³-hybridized carbons (Fsp3) is 0.467. The van der Waals surface area contributed by atoms with Gasteiger partial charge in [0.05, 0.1) is 12.1 Å². The second-order valence-corrected chi connectivity index (χ2v) is 5.31. The van der Waals surface area contributed by atoms with E-state index in [0.29, 0.717) is 25.1 Å². The van der Waals surface area contributed by atoms with Crippen molar-refractivity contribution in [3.05, 3.63) is 35.4 Å². The van der Waals surface area contributed by atoms with Gasteiger partial charge in [0, 0.05) is 32.8 Å². The minimum absolute atomic E-state index is 0.0496. The van der Waals surface area contributed by atoms with Crippen LogP contribution in [-0.2, 0) is 16.1 Å². The Morgan fingerprint density at radius 1 is 1.38 bits per heavy atom. The molecular weight excluding hydrogens is 270 g/mol. The Morgan fingerprint density at radius 3 is 2.57 bits per heavy atom. The summed E-state index contributed by atoms with van der Waals surface area (Å²) in [5, 5.41) is 3.17. The molecule has 1 fully saturated rings. The summed E-state index contributed by atoms with van der Waals surface area (Å²) in [5.74, 6) is -0.403. The van der Waals surface area contributed by atoms with Gasteiger partial charge < -0.3 is 20.7 Å². The van der Waals surface area contributed by atoms with Crippen LogP contribution in [0.2, 0.25) is 0 Å². The lowest BCUT2D eigenvalue weighted by Crippen LogP contribution is -2.41. The zero-order valence-corrected chi connectivity index (χ0v) is 12.3. The van der Waals surface area contributed by atoms with Crippen molar-refractivity contribution < 1.29 is 14.3 Å². The summed E-state index contributed by atoms with van der Waals surface area (Å²) in [6, 6.07) is 6.77. The lowest BCUT2D eigenvalue weighted by atomic mass is 10.1. The summed E-state index contributed by atoms with van der Waals surface area (Å²) in [6.07, 6.45) is 0.794. The fourth-order valence-corrected chi connectivity index (χ4v) is 2.46. The zero-order valence-electron chi connectivity index (χ0n) is 12.3. The predicted octanol–water partition coefficient (Wildman–Crippen LogP) is 0.121. The number of nitrogens with one attached hydrogen (secondary N) is 1. The highest BCUT2D eigenvalue weighted by Gasteiger charge is 2.31. The van der Waals surface area contributed by atoms with Gasteiger partial charge in [-0.05, 0) is 24.1 Å². The van der Waals surface area contributed by atoms with E-state index >= 15 is 0 Å². The van der Waals surface area contributed by atoms with Crippen molar-refractivity contribution in [2.45, 2.75) is 25.1 Å². The maximum Gasteiger partial charge on any atom is 0.248 e. The number of hydrogen-bond donors (Lipinski definition) is 2. The molecule has 1 aromatic carbocycles.